The number of amides is 1. The van der Waals surface area contributed by atoms with Crippen LogP contribution in [0.3, 0.4) is 0 Å². The lowest BCUT2D eigenvalue weighted by molar-refractivity contribution is 0.102. The van der Waals surface area contributed by atoms with Gasteiger partial charge in [-0.05, 0) is 68.5 Å². The van der Waals surface area contributed by atoms with Crippen molar-refractivity contribution < 1.29 is 4.79 Å². The summed E-state index contributed by atoms with van der Waals surface area (Å²) in [5, 5.41) is 9.08. The van der Waals surface area contributed by atoms with Gasteiger partial charge in [-0.15, -0.1) is 0 Å². The van der Waals surface area contributed by atoms with E-state index in [0.29, 0.717) is 11.5 Å². The number of guanidine groups is 1. The van der Waals surface area contributed by atoms with Crippen molar-refractivity contribution >= 4 is 23.2 Å². The van der Waals surface area contributed by atoms with Gasteiger partial charge < -0.3 is 20.9 Å². The number of likely N-dealkylation sites (N-methyl/N-ethyl adjacent to an activating group) is 1. The van der Waals surface area contributed by atoms with Crippen molar-refractivity contribution in [3.63, 3.8) is 0 Å². The molecule has 0 aromatic heterocycles. The van der Waals surface area contributed by atoms with Crippen LogP contribution in [-0.2, 0) is 6.54 Å². The zero-order valence-corrected chi connectivity index (χ0v) is 18.1. The third kappa shape index (κ3) is 6.30. The Kier molecular flexibility index (Phi) is 7.82. The summed E-state index contributed by atoms with van der Waals surface area (Å²) in [7, 11) is 5.70. The van der Waals surface area contributed by atoms with E-state index in [2.05, 4.69) is 49.9 Å². The van der Waals surface area contributed by atoms with Gasteiger partial charge in [-0.1, -0.05) is 12.1 Å². The first-order chi connectivity index (χ1) is 14.6. The van der Waals surface area contributed by atoms with Crippen LogP contribution in [0, 0.1) is 0 Å². The van der Waals surface area contributed by atoms with Crippen molar-refractivity contribution in [2.75, 3.05) is 58.0 Å². The van der Waals surface area contributed by atoms with Crippen LogP contribution >= 0.6 is 0 Å². The van der Waals surface area contributed by atoms with Gasteiger partial charge in [0.2, 0.25) is 0 Å². The van der Waals surface area contributed by atoms with E-state index < -0.39 is 0 Å². The van der Waals surface area contributed by atoms with Crippen molar-refractivity contribution in [3.8, 4) is 0 Å². The molecule has 7 heteroatoms. The van der Waals surface area contributed by atoms with E-state index in [1.165, 1.54) is 12.0 Å². The number of anilines is 2. The van der Waals surface area contributed by atoms with Crippen molar-refractivity contribution in [3.05, 3.63) is 59.7 Å². The van der Waals surface area contributed by atoms with Crippen LogP contribution in [0.4, 0.5) is 11.4 Å². The number of rotatable bonds is 5. The van der Waals surface area contributed by atoms with Gasteiger partial charge >= 0.3 is 0 Å². The second-order valence-electron chi connectivity index (χ2n) is 7.61. The topological polar surface area (TPSA) is 72.0 Å². The first kappa shape index (κ1) is 21.8. The van der Waals surface area contributed by atoms with Gasteiger partial charge in [0.1, 0.15) is 0 Å². The Morgan fingerprint density at radius 2 is 1.60 bits per heavy atom. The predicted octanol–water partition coefficient (Wildman–Crippen LogP) is 2.69. The Morgan fingerprint density at radius 3 is 2.23 bits per heavy atom. The van der Waals surface area contributed by atoms with E-state index in [-0.39, 0.29) is 5.91 Å². The van der Waals surface area contributed by atoms with Crippen molar-refractivity contribution in [2.24, 2.45) is 4.99 Å². The molecular weight excluding hydrogens is 376 g/mol. The third-order valence-electron chi connectivity index (χ3n) is 5.30. The van der Waals surface area contributed by atoms with Gasteiger partial charge in [0.25, 0.3) is 5.91 Å². The summed E-state index contributed by atoms with van der Waals surface area (Å²) in [6, 6.07) is 15.5. The number of nitrogens with zero attached hydrogens (tertiary/aromatic N) is 3. The molecule has 3 N–H and O–H groups in total. The normalized spacial score (nSPS) is 16.0. The molecular formula is C23H32N6O. The quantitative estimate of drug-likeness (QED) is 0.524. The molecule has 1 amide bonds. The van der Waals surface area contributed by atoms with Gasteiger partial charge in [0.05, 0.1) is 0 Å². The van der Waals surface area contributed by atoms with Crippen LogP contribution < -0.4 is 16.0 Å². The van der Waals surface area contributed by atoms with Crippen LogP contribution in [0.2, 0.25) is 0 Å². The van der Waals surface area contributed by atoms with Crippen LogP contribution in [0.15, 0.2) is 53.5 Å². The van der Waals surface area contributed by atoms with E-state index in [4.69, 9.17) is 0 Å². The minimum absolute atomic E-state index is 0.107. The summed E-state index contributed by atoms with van der Waals surface area (Å²) in [4.78, 5) is 21.5. The predicted molar refractivity (Wildman–Crippen MR) is 124 cm³/mol. The second kappa shape index (κ2) is 10.8. The first-order valence-electron chi connectivity index (χ1n) is 10.4. The Balaban J connectivity index is 1.54. The minimum Gasteiger partial charge on any atom is -0.359 e. The first-order valence-corrected chi connectivity index (χ1v) is 10.4. The monoisotopic (exact) mass is 408 g/mol. The molecule has 7 nitrogen and oxygen atoms in total. The summed E-state index contributed by atoms with van der Waals surface area (Å²) in [5.41, 5.74) is 3.55. The standard InChI is InChI=1S/C23H32N6O/c1-24-23(25-2)27-21-11-9-20(10-12-21)26-22(30)19-7-5-18(6-8-19)17-29-14-4-13-28(3)15-16-29/h5-12H,4,13-17H2,1-3H3,(H,26,30)(H2,24,25,27). The molecule has 1 aliphatic heterocycles. The van der Waals surface area contributed by atoms with Crippen LogP contribution in [0.5, 0.6) is 0 Å². The molecule has 0 atom stereocenters. The Morgan fingerprint density at radius 1 is 0.933 bits per heavy atom. The maximum Gasteiger partial charge on any atom is 0.255 e. The van der Waals surface area contributed by atoms with Crippen LogP contribution in [0.25, 0.3) is 0 Å². The Hall–Kier alpha value is -2.90. The average molecular weight is 409 g/mol. The molecule has 0 spiro atoms. The van der Waals surface area contributed by atoms with Gasteiger partial charge in [-0.25, -0.2) is 0 Å². The van der Waals surface area contributed by atoms with Gasteiger partial charge in [0.15, 0.2) is 5.96 Å². The molecule has 2 aromatic carbocycles. The van der Waals surface area contributed by atoms with Gasteiger partial charge in [-0.3, -0.25) is 14.7 Å². The molecule has 1 saturated heterocycles. The number of benzene rings is 2. The fourth-order valence-corrected chi connectivity index (χ4v) is 3.48. The third-order valence-corrected chi connectivity index (χ3v) is 5.30. The molecule has 1 fully saturated rings. The smallest absolute Gasteiger partial charge is 0.255 e. The van der Waals surface area contributed by atoms with Gasteiger partial charge in [-0.2, -0.15) is 0 Å². The number of carbonyl (C=O) groups is 1. The lowest BCUT2D eigenvalue weighted by Crippen LogP contribution is -2.28. The summed E-state index contributed by atoms with van der Waals surface area (Å²) in [6.45, 7) is 5.41. The number of hydrogen-bond donors (Lipinski definition) is 3. The molecule has 0 radical (unpaired) electrons. The van der Waals surface area contributed by atoms with Crippen molar-refractivity contribution in [1.29, 1.82) is 0 Å². The molecule has 0 bridgehead atoms. The fraction of sp³-hybridized carbons (Fsp3) is 0.391. The van der Waals surface area contributed by atoms with Crippen molar-refractivity contribution in [2.45, 2.75) is 13.0 Å². The zero-order valence-electron chi connectivity index (χ0n) is 18.1. The highest BCUT2D eigenvalue weighted by Crippen LogP contribution is 2.16. The highest BCUT2D eigenvalue weighted by Gasteiger charge is 2.13. The molecule has 0 unspecified atom stereocenters. The Bertz CT molecular complexity index is 847. The lowest BCUT2D eigenvalue weighted by Gasteiger charge is -2.20. The highest BCUT2D eigenvalue weighted by molar-refractivity contribution is 6.04. The molecule has 160 valence electrons. The second-order valence-corrected chi connectivity index (χ2v) is 7.61. The van der Waals surface area contributed by atoms with E-state index >= 15 is 0 Å². The summed E-state index contributed by atoms with van der Waals surface area (Å²) >= 11 is 0. The molecule has 1 aliphatic rings. The Labute approximate surface area is 179 Å². The van der Waals surface area contributed by atoms with Crippen LogP contribution in [0.1, 0.15) is 22.3 Å². The molecule has 30 heavy (non-hydrogen) atoms. The SMILES string of the molecule is CN=C(NC)Nc1ccc(NC(=O)c2ccc(CN3CCCN(C)CC3)cc2)cc1. The number of hydrogen-bond acceptors (Lipinski definition) is 4. The number of nitrogens with one attached hydrogen (secondary N) is 3. The largest absolute Gasteiger partial charge is 0.359 e. The summed E-state index contributed by atoms with van der Waals surface area (Å²) in [5.74, 6) is 0.573. The van der Waals surface area contributed by atoms with Gasteiger partial charge in [0, 0.05) is 50.7 Å². The van der Waals surface area contributed by atoms with E-state index in [1.54, 1.807) is 7.05 Å². The summed E-state index contributed by atoms with van der Waals surface area (Å²) in [6.07, 6.45) is 1.20. The van der Waals surface area contributed by atoms with E-state index in [0.717, 1.165) is 44.1 Å². The average Bonchev–Trinajstić information content (AvgIpc) is 2.97. The molecule has 0 saturated carbocycles. The lowest BCUT2D eigenvalue weighted by atomic mass is 10.1. The molecule has 1 heterocycles. The highest BCUT2D eigenvalue weighted by atomic mass is 16.1. The maximum atomic E-state index is 12.6. The number of carbonyl (C=O) groups excluding carboxylic acids is 1. The minimum atomic E-state index is -0.107. The number of aliphatic imine (C=N–C) groups is 1. The summed E-state index contributed by atoms with van der Waals surface area (Å²) < 4.78 is 0. The van der Waals surface area contributed by atoms with Crippen LogP contribution in [-0.4, -0.2) is 69.0 Å². The van der Waals surface area contributed by atoms with E-state index in [9.17, 15) is 4.79 Å². The fourth-order valence-electron chi connectivity index (χ4n) is 3.48. The molecule has 2 aromatic rings. The molecule has 3 rings (SSSR count). The molecule has 0 aliphatic carbocycles. The van der Waals surface area contributed by atoms with E-state index in [1.807, 2.05) is 43.4 Å². The zero-order chi connectivity index (χ0) is 21.3. The maximum absolute atomic E-state index is 12.6. The van der Waals surface area contributed by atoms with Crippen molar-refractivity contribution in [1.82, 2.24) is 15.1 Å².